The van der Waals surface area contributed by atoms with Crippen molar-refractivity contribution in [2.45, 2.75) is 12.8 Å². The van der Waals surface area contributed by atoms with Gasteiger partial charge in [0.2, 0.25) is 11.8 Å². The van der Waals surface area contributed by atoms with Gasteiger partial charge in [0.15, 0.2) is 0 Å². The molecule has 1 N–H and O–H groups in total. The maximum atomic E-state index is 12.6. The number of benzene rings is 2. The first-order valence-corrected chi connectivity index (χ1v) is 10.5. The van der Waals surface area contributed by atoms with Gasteiger partial charge in [0, 0.05) is 48.4 Å². The number of hydrogen-bond acceptors (Lipinski definition) is 3. The minimum Gasteiger partial charge on any atom is -0.371 e. The van der Waals surface area contributed by atoms with Gasteiger partial charge >= 0.3 is 0 Å². The van der Waals surface area contributed by atoms with Gasteiger partial charge in [-0.2, -0.15) is 0 Å². The summed E-state index contributed by atoms with van der Waals surface area (Å²) in [6.07, 6.45) is 1.35. The molecule has 2 aliphatic heterocycles. The average Bonchev–Trinajstić information content (AvgIpc) is 3.34. The number of para-hydroxylation sites is 1. The van der Waals surface area contributed by atoms with Crippen LogP contribution in [0.5, 0.6) is 0 Å². The lowest BCUT2D eigenvalue weighted by Gasteiger charge is -2.19. The van der Waals surface area contributed by atoms with E-state index in [1.54, 1.807) is 4.90 Å². The van der Waals surface area contributed by atoms with Crippen LogP contribution in [0.1, 0.15) is 12.8 Å². The first-order valence-electron chi connectivity index (χ1n) is 9.74. The Balaban J connectivity index is 1.28. The lowest BCUT2D eigenvalue weighted by molar-refractivity contribution is -0.126. The Hall–Kier alpha value is -2.34. The van der Waals surface area contributed by atoms with Crippen LogP contribution < -0.4 is 15.1 Å². The normalized spacial score (nSPS) is 22.0. The maximum absolute atomic E-state index is 12.6. The largest absolute Gasteiger partial charge is 0.371 e. The standard InChI is InChI=1S/C22H24BrN3O2/c23-18-5-4-8-20(12-18)26-15-17(11-21(26)27)22(28)24-13-16-9-10-25(14-16)19-6-2-1-3-7-19/h1-8,12,16-17H,9-11,13-15H2,(H,24,28)/t16-,17+/m1/s1. The number of amides is 2. The molecule has 0 saturated carbocycles. The van der Waals surface area contributed by atoms with Gasteiger partial charge in [-0.25, -0.2) is 0 Å². The van der Waals surface area contributed by atoms with Crippen LogP contribution in [0, 0.1) is 11.8 Å². The molecule has 5 nitrogen and oxygen atoms in total. The molecule has 0 bridgehead atoms. The van der Waals surface area contributed by atoms with Gasteiger partial charge in [-0.15, -0.1) is 0 Å². The highest BCUT2D eigenvalue weighted by Crippen LogP contribution is 2.28. The molecule has 2 aromatic carbocycles. The van der Waals surface area contributed by atoms with Gasteiger partial charge in [0.1, 0.15) is 0 Å². The Morgan fingerprint density at radius 3 is 2.64 bits per heavy atom. The van der Waals surface area contributed by atoms with Crippen molar-refractivity contribution < 1.29 is 9.59 Å². The zero-order valence-electron chi connectivity index (χ0n) is 15.7. The van der Waals surface area contributed by atoms with Crippen LogP contribution in [-0.2, 0) is 9.59 Å². The minimum atomic E-state index is -0.280. The molecule has 2 aliphatic rings. The third-order valence-electron chi connectivity index (χ3n) is 5.59. The quantitative estimate of drug-likeness (QED) is 0.772. The molecule has 2 aromatic rings. The third-order valence-corrected chi connectivity index (χ3v) is 6.08. The Labute approximate surface area is 173 Å². The highest BCUT2D eigenvalue weighted by molar-refractivity contribution is 9.10. The number of anilines is 2. The average molecular weight is 442 g/mol. The van der Waals surface area contributed by atoms with Crippen LogP contribution in [0.4, 0.5) is 11.4 Å². The number of hydrogen-bond donors (Lipinski definition) is 1. The Bertz CT molecular complexity index is 858. The van der Waals surface area contributed by atoms with Crippen LogP contribution in [0.3, 0.4) is 0 Å². The molecule has 0 spiro atoms. The molecule has 2 heterocycles. The molecule has 0 radical (unpaired) electrons. The van der Waals surface area contributed by atoms with Crippen molar-refractivity contribution in [1.82, 2.24) is 5.32 Å². The molecule has 28 heavy (non-hydrogen) atoms. The number of rotatable bonds is 5. The topological polar surface area (TPSA) is 52.7 Å². The number of nitrogens with zero attached hydrogens (tertiary/aromatic N) is 2. The Kier molecular flexibility index (Phi) is 5.67. The van der Waals surface area contributed by atoms with Crippen molar-refractivity contribution in [1.29, 1.82) is 0 Å². The van der Waals surface area contributed by atoms with Crippen LogP contribution >= 0.6 is 15.9 Å². The maximum Gasteiger partial charge on any atom is 0.227 e. The summed E-state index contributed by atoms with van der Waals surface area (Å²) < 4.78 is 0.926. The Morgan fingerprint density at radius 1 is 1.07 bits per heavy atom. The molecule has 146 valence electrons. The summed E-state index contributed by atoms with van der Waals surface area (Å²) in [6, 6.07) is 18.0. The van der Waals surface area contributed by atoms with Crippen LogP contribution in [0.2, 0.25) is 0 Å². The van der Waals surface area contributed by atoms with Crippen molar-refractivity contribution in [2.24, 2.45) is 11.8 Å². The second-order valence-electron chi connectivity index (χ2n) is 7.57. The van der Waals surface area contributed by atoms with Crippen molar-refractivity contribution in [2.75, 3.05) is 36.0 Å². The Morgan fingerprint density at radius 2 is 1.86 bits per heavy atom. The predicted octanol–water partition coefficient (Wildman–Crippen LogP) is 3.44. The second kappa shape index (κ2) is 8.35. The summed E-state index contributed by atoms with van der Waals surface area (Å²) in [5.41, 5.74) is 2.08. The van der Waals surface area contributed by atoms with E-state index >= 15 is 0 Å². The van der Waals surface area contributed by atoms with Crippen LogP contribution in [0.15, 0.2) is 59.1 Å². The number of carbonyl (C=O) groups is 2. The summed E-state index contributed by atoms with van der Waals surface area (Å²) in [5, 5.41) is 3.09. The lowest BCUT2D eigenvalue weighted by atomic mass is 10.1. The summed E-state index contributed by atoms with van der Waals surface area (Å²) in [4.78, 5) is 29.1. The van der Waals surface area contributed by atoms with E-state index in [1.807, 2.05) is 30.3 Å². The van der Waals surface area contributed by atoms with E-state index in [0.717, 1.165) is 29.7 Å². The summed E-state index contributed by atoms with van der Waals surface area (Å²) in [6.45, 7) is 3.09. The molecule has 4 rings (SSSR count). The van der Waals surface area contributed by atoms with E-state index in [2.05, 4.69) is 50.4 Å². The van der Waals surface area contributed by atoms with E-state index in [4.69, 9.17) is 0 Å². The van der Waals surface area contributed by atoms with Crippen LogP contribution in [-0.4, -0.2) is 38.0 Å². The van der Waals surface area contributed by atoms with Gasteiger partial charge in [0.25, 0.3) is 0 Å². The summed E-state index contributed by atoms with van der Waals surface area (Å²) in [5.74, 6) is 0.166. The van der Waals surface area contributed by atoms with Gasteiger partial charge < -0.3 is 15.1 Å². The third kappa shape index (κ3) is 4.22. The minimum absolute atomic E-state index is 0.00868. The molecular weight excluding hydrogens is 418 g/mol. The van der Waals surface area contributed by atoms with E-state index < -0.39 is 0 Å². The molecule has 2 saturated heterocycles. The van der Waals surface area contributed by atoms with Gasteiger partial charge in [-0.1, -0.05) is 40.2 Å². The molecule has 2 fully saturated rings. The SMILES string of the molecule is O=C(NC[C@H]1CCN(c2ccccc2)C1)[C@H]1CC(=O)N(c2cccc(Br)c2)C1. The van der Waals surface area contributed by atoms with E-state index in [-0.39, 0.29) is 24.2 Å². The zero-order chi connectivity index (χ0) is 19.5. The van der Waals surface area contributed by atoms with E-state index in [0.29, 0.717) is 19.0 Å². The monoisotopic (exact) mass is 441 g/mol. The summed E-state index contributed by atoms with van der Waals surface area (Å²) in [7, 11) is 0. The summed E-state index contributed by atoms with van der Waals surface area (Å²) >= 11 is 3.44. The number of carbonyl (C=O) groups excluding carboxylic acids is 2. The molecule has 2 amide bonds. The highest BCUT2D eigenvalue weighted by atomic mass is 79.9. The second-order valence-corrected chi connectivity index (χ2v) is 8.48. The van der Waals surface area contributed by atoms with Crippen molar-refractivity contribution in [3.05, 3.63) is 59.1 Å². The van der Waals surface area contributed by atoms with Gasteiger partial charge in [0.05, 0.1) is 5.92 Å². The molecular formula is C22H24BrN3O2. The van der Waals surface area contributed by atoms with Crippen molar-refractivity contribution in [3.8, 4) is 0 Å². The molecule has 0 unspecified atom stereocenters. The molecule has 2 atom stereocenters. The fourth-order valence-electron chi connectivity index (χ4n) is 4.04. The molecule has 0 aromatic heterocycles. The fraction of sp³-hybridized carbons (Fsp3) is 0.364. The molecule has 0 aliphatic carbocycles. The fourth-order valence-corrected chi connectivity index (χ4v) is 4.43. The van der Waals surface area contributed by atoms with Crippen LogP contribution in [0.25, 0.3) is 0 Å². The molecule has 6 heteroatoms. The van der Waals surface area contributed by atoms with Crippen molar-refractivity contribution in [3.63, 3.8) is 0 Å². The number of halogens is 1. The van der Waals surface area contributed by atoms with E-state index in [1.165, 1.54) is 5.69 Å². The zero-order valence-corrected chi connectivity index (χ0v) is 17.3. The highest BCUT2D eigenvalue weighted by Gasteiger charge is 2.35. The smallest absolute Gasteiger partial charge is 0.227 e. The van der Waals surface area contributed by atoms with Crippen molar-refractivity contribution >= 4 is 39.1 Å². The van der Waals surface area contributed by atoms with Gasteiger partial charge in [-0.05, 0) is 42.7 Å². The predicted molar refractivity (Wildman–Crippen MR) is 114 cm³/mol. The number of nitrogens with one attached hydrogen (secondary N) is 1. The van der Waals surface area contributed by atoms with E-state index in [9.17, 15) is 9.59 Å². The first kappa shape index (κ1) is 19.0. The lowest BCUT2D eigenvalue weighted by Crippen LogP contribution is -2.36. The first-order chi connectivity index (χ1) is 13.6. The van der Waals surface area contributed by atoms with Gasteiger partial charge in [-0.3, -0.25) is 9.59 Å².